The molecule has 0 aliphatic rings. The first-order chi connectivity index (χ1) is 13.7. The number of phenols is 1. The van der Waals surface area contributed by atoms with Crippen molar-refractivity contribution in [3.8, 4) is 5.75 Å². The fraction of sp³-hybridized carbons (Fsp3) is 0.286. The zero-order valence-corrected chi connectivity index (χ0v) is 17.2. The fourth-order valence-corrected chi connectivity index (χ4v) is 2.86. The highest BCUT2D eigenvalue weighted by molar-refractivity contribution is 6.33. The molecule has 0 fully saturated rings. The Hall–Kier alpha value is -3.06. The number of amides is 2. The normalized spacial score (nSPS) is 11.4. The average Bonchev–Trinajstić information content (AvgIpc) is 2.68. The number of nitrogens with one attached hydrogen (secondary N) is 2. The summed E-state index contributed by atoms with van der Waals surface area (Å²) < 4.78 is 4.95. The van der Waals surface area contributed by atoms with E-state index in [1.165, 1.54) is 13.0 Å². The Kier molecular flexibility index (Phi) is 7.61. The predicted molar refractivity (Wildman–Crippen MR) is 109 cm³/mol. The minimum absolute atomic E-state index is 0.224. The van der Waals surface area contributed by atoms with Crippen molar-refractivity contribution in [3.05, 3.63) is 63.7 Å². The summed E-state index contributed by atoms with van der Waals surface area (Å²) >= 11 is 5.95. The molecule has 0 saturated heterocycles. The molecular formula is C21H23ClN2O5. The summed E-state index contributed by atoms with van der Waals surface area (Å²) in [5.41, 5.74) is 2.48. The number of halogens is 1. The Bertz CT molecular complexity index is 906. The smallest absolute Gasteiger partial charge is 0.328 e. The summed E-state index contributed by atoms with van der Waals surface area (Å²) in [6.45, 7) is 4.76. The third kappa shape index (κ3) is 6.22. The molecule has 7 nitrogen and oxygen atoms in total. The Morgan fingerprint density at radius 3 is 2.38 bits per heavy atom. The second-order valence-corrected chi connectivity index (χ2v) is 7.04. The molecule has 154 valence electrons. The van der Waals surface area contributed by atoms with Gasteiger partial charge in [-0.1, -0.05) is 35.9 Å². The van der Waals surface area contributed by atoms with E-state index < -0.39 is 30.4 Å². The number of carbonyl (C=O) groups excluding carboxylic acids is 3. The van der Waals surface area contributed by atoms with Gasteiger partial charge >= 0.3 is 5.97 Å². The largest absolute Gasteiger partial charge is 0.507 e. The van der Waals surface area contributed by atoms with Crippen molar-refractivity contribution in [2.24, 2.45) is 0 Å². The number of benzene rings is 2. The van der Waals surface area contributed by atoms with Crippen molar-refractivity contribution in [1.82, 2.24) is 10.6 Å². The minimum atomic E-state index is -0.950. The molecule has 0 aromatic heterocycles. The summed E-state index contributed by atoms with van der Waals surface area (Å²) in [5.74, 6) is -1.51. The van der Waals surface area contributed by atoms with Crippen molar-refractivity contribution >= 4 is 29.4 Å². The lowest BCUT2D eigenvalue weighted by atomic mass is 10.1. The maximum atomic E-state index is 12.2. The number of ether oxygens (including phenoxy) is 1. The van der Waals surface area contributed by atoms with E-state index in [1.54, 1.807) is 44.2 Å². The number of phenolic OH excluding ortho intramolecular Hbond substituents is 1. The zero-order chi connectivity index (χ0) is 21.6. The first-order valence-corrected chi connectivity index (χ1v) is 9.34. The van der Waals surface area contributed by atoms with Crippen molar-refractivity contribution < 1.29 is 24.2 Å². The maximum Gasteiger partial charge on any atom is 0.328 e. The SMILES string of the molecule is Cc1cc(CNC(=O)COC(=O)[C@@H](C)NC(=O)c2ccccc2Cl)cc(C)c1O. The molecule has 0 bridgehead atoms. The fourth-order valence-electron chi connectivity index (χ4n) is 2.64. The number of esters is 1. The van der Waals surface area contributed by atoms with Crippen LogP contribution in [0.1, 0.15) is 34.0 Å². The van der Waals surface area contributed by atoms with E-state index >= 15 is 0 Å². The summed E-state index contributed by atoms with van der Waals surface area (Å²) in [7, 11) is 0. The van der Waals surface area contributed by atoms with Crippen molar-refractivity contribution in [1.29, 1.82) is 0 Å². The van der Waals surface area contributed by atoms with Gasteiger partial charge in [-0.3, -0.25) is 9.59 Å². The van der Waals surface area contributed by atoms with Crippen LogP contribution in [-0.4, -0.2) is 35.5 Å². The second-order valence-electron chi connectivity index (χ2n) is 6.64. The van der Waals surface area contributed by atoms with Gasteiger partial charge in [-0.25, -0.2) is 4.79 Å². The van der Waals surface area contributed by atoms with E-state index in [9.17, 15) is 19.5 Å². The number of hydrogen-bond donors (Lipinski definition) is 3. The summed E-state index contributed by atoms with van der Waals surface area (Å²) in [6, 6.07) is 9.04. The number of rotatable bonds is 7. The molecule has 0 spiro atoms. The van der Waals surface area contributed by atoms with E-state index in [4.69, 9.17) is 16.3 Å². The first kappa shape index (κ1) is 22.2. The van der Waals surface area contributed by atoms with Gasteiger partial charge in [0, 0.05) is 6.54 Å². The number of carbonyl (C=O) groups is 3. The highest BCUT2D eigenvalue weighted by atomic mass is 35.5. The quantitative estimate of drug-likeness (QED) is 0.599. The molecule has 0 aliphatic heterocycles. The molecule has 0 heterocycles. The summed E-state index contributed by atoms with van der Waals surface area (Å²) in [6.07, 6.45) is 0. The molecule has 8 heteroatoms. The van der Waals surface area contributed by atoms with Gasteiger partial charge < -0.3 is 20.5 Å². The maximum absolute atomic E-state index is 12.2. The van der Waals surface area contributed by atoms with Gasteiger partial charge in [-0.15, -0.1) is 0 Å². The monoisotopic (exact) mass is 418 g/mol. The van der Waals surface area contributed by atoms with Gasteiger partial charge in [0.1, 0.15) is 11.8 Å². The van der Waals surface area contributed by atoms with Crippen LogP contribution < -0.4 is 10.6 Å². The number of aryl methyl sites for hydroxylation is 2. The molecule has 0 saturated carbocycles. The molecule has 2 rings (SSSR count). The van der Waals surface area contributed by atoms with E-state index in [1.807, 2.05) is 0 Å². The molecule has 0 radical (unpaired) electrons. The van der Waals surface area contributed by atoms with Gasteiger partial charge in [0.25, 0.3) is 11.8 Å². The minimum Gasteiger partial charge on any atom is -0.507 e. The van der Waals surface area contributed by atoms with Crippen molar-refractivity contribution in [2.75, 3.05) is 6.61 Å². The first-order valence-electron chi connectivity index (χ1n) is 8.97. The van der Waals surface area contributed by atoms with Crippen LogP contribution in [0, 0.1) is 13.8 Å². The van der Waals surface area contributed by atoms with Crippen molar-refractivity contribution in [2.45, 2.75) is 33.4 Å². The van der Waals surface area contributed by atoms with Gasteiger partial charge in [0.15, 0.2) is 6.61 Å². The Morgan fingerprint density at radius 2 is 1.76 bits per heavy atom. The van der Waals surface area contributed by atoms with E-state index in [2.05, 4.69) is 10.6 Å². The van der Waals surface area contributed by atoms with Crippen LogP contribution in [0.2, 0.25) is 5.02 Å². The third-order valence-electron chi connectivity index (χ3n) is 4.21. The predicted octanol–water partition coefficient (Wildman–Crippen LogP) is 2.64. The van der Waals surface area contributed by atoms with Crippen LogP contribution in [0.5, 0.6) is 5.75 Å². The van der Waals surface area contributed by atoms with E-state index in [0.29, 0.717) is 11.1 Å². The van der Waals surface area contributed by atoms with Crippen LogP contribution >= 0.6 is 11.6 Å². The standard InChI is InChI=1S/C21H23ClN2O5/c1-12-8-15(9-13(2)19(12)26)10-23-18(25)11-29-21(28)14(3)24-20(27)16-6-4-5-7-17(16)22/h4-9,14,26H,10-11H2,1-3H3,(H,23,25)(H,24,27)/t14-/m1/s1. The molecule has 2 aromatic carbocycles. The number of hydrogen-bond acceptors (Lipinski definition) is 5. The van der Waals surface area contributed by atoms with Crippen LogP contribution in [-0.2, 0) is 20.9 Å². The highest BCUT2D eigenvalue weighted by Crippen LogP contribution is 2.22. The number of aromatic hydroxyl groups is 1. The summed E-state index contributed by atoms with van der Waals surface area (Å²) in [5, 5.41) is 15.2. The molecule has 2 amide bonds. The lowest BCUT2D eigenvalue weighted by molar-refractivity contribution is -0.150. The van der Waals surface area contributed by atoms with Crippen LogP contribution in [0.4, 0.5) is 0 Å². The third-order valence-corrected chi connectivity index (χ3v) is 4.54. The topological polar surface area (TPSA) is 105 Å². The Balaban J connectivity index is 1.80. The summed E-state index contributed by atoms with van der Waals surface area (Å²) in [4.78, 5) is 36.1. The lowest BCUT2D eigenvalue weighted by Gasteiger charge is -2.14. The zero-order valence-electron chi connectivity index (χ0n) is 16.4. The molecular weight excluding hydrogens is 396 g/mol. The Labute approximate surface area is 174 Å². The lowest BCUT2D eigenvalue weighted by Crippen LogP contribution is -2.41. The molecule has 1 atom stereocenters. The molecule has 29 heavy (non-hydrogen) atoms. The van der Waals surface area contributed by atoms with Gasteiger partial charge in [-0.05, 0) is 49.6 Å². The average molecular weight is 419 g/mol. The van der Waals surface area contributed by atoms with Gasteiger partial charge in [0.05, 0.1) is 10.6 Å². The van der Waals surface area contributed by atoms with Crippen LogP contribution in [0.15, 0.2) is 36.4 Å². The van der Waals surface area contributed by atoms with E-state index in [-0.39, 0.29) is 22.9 Å². The van der Waals surface area contributed by atoms with E-state index in [0.717, 1.165) is 5.56 Å². The van der Waals surface area contributed by atoms with Crippen LogP contribution in [0.25, 0.3) is 0 Å². The molecule has 2 aromatic rings. The molecule has 0 unspecified atom stereocenters. The molecule has 3 N–H and O–H groups in total. The highest BCUT2D eigenvalue weighted by Gasteiger charge is 2.20. The second kappa shape index (κ2) is 9.93. The van der Waals surface area contributed by atoms with Gasteiger partial charge in [-0.2, -0.15) is 0 Å². The van der Waals surface area contributed by atoms with Crippen molar-refractivity contribution in [3.63, 3.8) is 0 Å². The van der Waals surface area contributed by atoms with Gasteiger partial charge in [0.2, 0.25) is 0 Å². The Morgan fingerprint density at radius 1 is 1.14 bits per heavy atom. The van der Waals surface area contributed by atoms with Crippen LogP contribution in [0.3, 0.4) is 0 Å². The molecule has 0 aliphatic carbocycles.